The molecule has 2 unspecified atom stereocenters. The van der Waals surface area contributed by atoms with Crippen LogP contribution >= 0.6 is 0 Å². The molecule has 0 fully saturated rings. The van der Waals surface area contributed by atoms with Gasteiger partial charge in [-0.2, -0.15) is 0 Å². The van der Waals surface area contributed by atoms with Crippen molar-refractivity contribution in [3.05, 3.63) is 345 Å². The smallest absolute Gasteiger partial charge is 0.0433 e. The van der Waals surface area contributed by atoms with Gasteiger partial charge >= 0.3 is 0 Å². The van der Waals surface area contributed by atoms with Crippen LogP contribution in [0.3, 0.4) is 0 Å². The maximum atomic E-state index is 2.47. The highest BCUT2D eigenvalue weighted by molar-refractivity contribution is 6.16. The van der Waals surface area contributed by atoms with E-state index in [1.165, 1.54) is 133 Å². The normalized spacial score (nSPS) is 16.5. The predicted molar refractivity (Wildman–Crippen MR) is 316 cm³/mol. The van der Waals surface area contributed by atoms with Gasteiger partial charge in [-0.05, 0) is 152 Å². The van der Waals surface area contributed by atoms with Crippen LogP contribution in [0.4, 0.5) is 0 Å². The highest BCUT2D eigenvalue weighted by Crippen LogP contribution is 2.73. The first kappa shape index (κ1) is 43.3. The molecular weight excluding hydrogens is 913 g/mol. The van der Waals surface area contributed by atoms with Crippen LogP contribution in [0, 0.1) is 0 Å². The Morgan fingerprint density at radius 2 is 0.789 bits per heavy atom. The Morgan fingerprint density at radius 3 is 1.30 bits per heavy atom. The molecular formula is C76H52. The number of benzene rings is 12. The van der Waals surface area contributed by atoms with E-state index >= 15 is 0 Å². The maximum absolute atomic E-state index is 2.47. The van der Waals surface area contributed by atoms with Crippen LogP contribution < -0.4 is 0 Å². The van der Waals surface area contributed by atoms with Gasteiger partial charge in [-0.3, -0.25) is 0 Å². The molecule has 356 valence electrons. The summed E-state index contributed by atoms with van der Waals surface area (Å²) >= 11 is 0. The zero-order chi connectivity index (χ0) is 50.0. The lowest BCUT2D eigenvalue weighted by molar-refractivity contribution is 0.450. The first-order chi connectivity index (χ1) is 37.7. The monoisotopic (exact) mass is 964 g/mol. The van der Waals surface area contributed by atoms with Crippen LogP contribution in [-0.2, 0) is 23.7 Å². The summed E-state index contributed by atoms with van der Waals surface area (Å²) in [6.45, 7) is 0. The highest BCUT2D eigenvalue weighted by Gasteiger charge is 2.63. The van der Waals surface area contributed by atoms with Crippen molar-refractivity contribution in [1.29, 1.82) is 0 Å². The minimum Gasteiger partial charge on any atom is -0.0622 e. The lowest BCUT2D eigenvalue weighted by Gasteiger charge is -2.42. The molecule has 0 N–H and O–H groups in total. The van der Waals surface area contributed by atoms with Gasteiger partial charge in [-0.15, -0.1) is 0 Å². The molecule has 0 amide bonds. The molecule has 0 radical (unpaired) electrons. The second kappa shape index (κ2) is 16.7. The molecule has 0 aromatic heterocycles. The van der Waals surface area contributed by atoms with E-state index < -0.39 is 0 Å². The van der Waals surface area contributed by atoms with E-state index in [1.54, 1.807) is 0 Å². The maximum Gasteiger partial charge on any atom is 0.0433 e. The van der Waals surface area contributed by atoms with Crippen LogP contribution in [0.25, 0.3) is 66.6 Å². The zero-order valence-corrected chi connectivity index (χ0v) is 42.1. The molecule has 2 atom stereocenters. The van der Waals surface area contributed by atoms with E-state index in [0.29, 0.717) is 5.92 Å². The van der Waals surface area contributed by atoms with Crippen LogP contribution in [0.1, 0.15) is 84.2 Å². The Kier molecular flexibility index (Phi) is 9.52. The predicted octanol–water partition coefficient (Wildman–Crippen LogP) is 18.6. The van der Waals surface area contributed by atoms with Gasteiger partial charge < -0.3 is 0 Å². The van der Waals surface area contributed by atoms with Crippen LogP contribution in [0.5, 0.6) is 0 Å². The Hall–Kier alpha value is -9.10. The minimum absolute atomic E-state index is 0.163. The van der Waals surface area contributed by atoms with Crippen LogP contribution in [-0.4, -0.2) is 0 Å². The molecule has 0 aliphatic heterocycles. The van der Waals surface area contributed by atoms with E-state index in [9.17, 15) is 0 Å². The fourth-order valence-corrected chi connectivity index (χ4v) is 15.3. The van der Waals surface area contributed by atoms with E-state index in [1.807, 2.05) is 0 Å². The van der Waals surface area contributed by atoms with E-state index in [-0.39, 0.29) is 16.7 Å². The minimum atomic E-state index is -0.207. The lowest BCUT2D eigenvalue weighted by atomic mass is 9.58. The highest BCUT2D eigenvalue weighted by atomic mass is 14.6. The Morgan fingerprint density at radius 1 is 0.355 bits per heavy atom. The molecule has 0 heterocycles. The largest absolute Gasteiger partial charge is 0.0622 e. The molecule has 0 saturated heterocycles. The fourth-order valence-electron chi connectivity index (χ4n) is 15.3. The first-order valence-corrected chi connectivity index (χ1v) is 27.1. The number of hydrogen-bond acceptors (Lipinski definition) is 0. The SMILES string of the molecule is C(=C(c1ccccc1)c1ccccc1)c1ccc(-c2c3ccccc3c(C3c4ccc5cc4C5C34c3ccccc3-c3ccccc34)c3ccccc23)cc1.c1ccc2c(c1)CC1(C2)c2ccccc2-c2ccccc21. The molecule has 0 heteroatoms. The van der Waals surface area contributed by atoms with Crippen molar-refractivity contribution in [2.45, 2.75) is 35.5 Å². The van der Waals surface area contributed by atoms with Crippen molar-refractivity contribution in [2.75, 3.05) is 0 Å². The van der Waals surface area contributed by atoms with E-state index in [4.69, 9.17) is 0 Å². The molecule has 2 spiro atoms. The van der Waals surface area contributed by atoms with Crippen LogP contribution in [0.15, 0.2) is 273 Å². The molecule has 12 aromatic rings. The van der Waals surface area contributed by atoms with Crippen LogP contribution in [0.2, 0.25) is 0 Å². The molecule has 6 aliphatic carbocycles. The van der Waals surface area contributed by atoms with Gasteiger partial charge in [-0.25, -0.2) is 0 Å². The molecule has 6 aliphatic rings. The van der Waals surface area contributed by atoms with E-state index in [2.05, 4.69) is 279 Å². The van der Waals surface area contributed by atoms with Gasteiger partial charge in [0.15, 0.2) is 0 Å². The second-order valence-corrected chi connectivity index (χ2v) is 21.8. The summed E-state index contributed by atoms with van der Waals surface area (Å²) in [7, 11) is 0. The first-order valence-electron chi connectivity index (χ1n) is 27.1. The molecule has 12 aromatic carbocycles. The van der Waals surface area contributed by atoms with Crippen molar-refractivity contribution in [3.63, 3.8) is 0 Å². The summed E-state index contributed by atoms with van der Waals surface area (Å²) < 4.78 is 0. The lowest BCUT2D eigenvalue weighted by Crippen LogP contribution is -2.36. The van der Waals surface area contributed by atoms with Gasteiger partial charge in [0.2, 0.25) is 0 Å². The molecule has 4 bridgehead atoms. The summed E-state index contributed by atoms with van der Waals surface area (Å²) in [5.41, 5.74) is 27.9. The van der Waals surface area contributed by atoms with Gasteiger partial charge in [0.05, 0.1) is 0 Å². The topological polar surface area (TPSA) is 0 Å². The average molecular weight is 965 g/mol. The summed E-state index contributed by atoms with van der Waals surface area (Å²) in [6, 6.07) is 102. The summed E-state index contributed by atoms with van der Waals surface area (Å²) in [5.74, 6) is 0.521. The third-order valence-corrected chi connectivity index (χ3v) is 18.2. The number of fused-ring (bicyclic) bond motifs is 14. The van der Waals surface area contributed by atoms with Gasteiger partial charge in [-0.1, -0.05) is 273 Å². The van der Waals surface area contributed by atoms with Crippen molar-refractivity contribution in [3.8, 4) is 33.4 Å². The quantitative estimate of drug-likeness (QED) is 0.119. The summed E-state index contributed by atoms with van der Waals surface area (Å²) in [5, 5.41) is 5.31. The third kappa shape index (κ3) is 6.07. The van der Waals surface area contributed by atoms with Crippen molar-refractivity contribution < 1.29 is 0 Å². The van der Waals surface area contributed by atoms with Crippen molar-refractivity contribution in [2.24, 2.45) is 0 Å². The third-order valence-electron chi connectivity index (χ3n) is 18.2. The average Bonchev–Trinajstić information content (AvgIpc) is 4.24. The summed E-state index contributed by atoms with van der Waals surface area (Å²) in [6.07, 6.45) is 4.60. The van der Waals surface area contributed by atoms with Gasteiger partial charge in [0.25, 0.3) is 0 Å². The second-order valence-electron chi connectivity index (χ2n) is 21.8. The number of rotatable bonds is 5. The Balaban J connectivity index is 0.000000193. The molecule has 0 nitrogen and oxygen atoms in total. The molecule has 18 rings (SSSR count). The zero-order valence-electron chi connectivity index (χ0n) is 42.1. The van der Waals surface area contributed by atoms with Gasteiger partial charge in [0, 0.05) is 22.7 Å². The molecule has 0 saturated carbocycles. The van der Waals surface area contributed by atoms with Crippen molar-refractivity contribution >= 4 is 33.2 Å². The Labute approximate surface area is 445 Å². The van der Waals surface area contributed by atoms with E-state index in [0.717, 1.165) is 12.8 Å². The standard InChI is InChI=1S/C55H36.C21H16/c1-3-15-36(16-4-1)47(37-17-5-2-6-18-37)33-35-27-29-38(30-28-35)51-42-21-7-9-23-44(42)52(45-24-10-8-22-43(45)51)54-46-32-31-39-34-48(46)53(39)55(54)49-25-13-11-19-40(49)41-20-12-14-26-50(41)55;1-2-8-16-14-21(13-15(16)7-1)19-11-5-3-9-17(19)18-10-4-6-12-20(18)21/h1-34,53-54H;1-12H,13-14H2. The Bertz CT molecular complexity index is 4120. The van der Waals surface area contributed by atoms with Crippen molar-refractivity contribution in [1.82, 2.24) is 0 Å². The molecule has 76 heavy (non-hydrogen) atoms. The number of hydrogen-bond donors (Lipinski definition) is 0. The summed E-state index contributed by atoms with van der Waals surface area (Å²) in [4.78, 5) is 0. The fraction of sp³-hybridized carbons (Fsp3) is 0.0789. The van der Waals surface area contributed by atoms with Gasteiger partial charge in [0.1, 0.15) is 0 Å².